The molecule has 190 valence electrons. The Kier molecular flexibility index (Phi) is 6.63. The molecule has 0 unspecified atom stereocenters. The summed E-state index contributed by atoms with van der Waals surface area (Å²) in [5.74, 6) is 0.811. The molecule has 0 bridgehead atoms. The molecule has 1 atom stereocenters. The molecule has 2 saturated heterocycles. The fourth-order valence-electron chi connectivity index (χ4n) is 5.89. The van der Waals surface area contributed by atoms with Crippen molar-refractivity contribution in [2.24, 2.45) is 0 Å². The third-order valence-electron chi connectivity index (χ3n) is 7.91. The van der Waals surface area contributed by atoms with Gasteiger partial charge in [-0.25, -0.2) is 4.39 Å². The van der Waals surface area contributed by atoms with Gasteiger partial charge in [-0.2, -0.15) is 9.97 Å². The first-order valence-electron chi connectivity index (χ1n) is 13.3. The molecule has 7 nitrogen and oxygen atoms in total. The topological polar surface area (TPSA) is 56.8 Å². The minimum absolute atomic E-state index is 0.186. The average molecular weight is 491 g/mol. The van der Waals surface area contributed by atoms with E-state index in [2.05, 4.69) is 27.1 Å². The molecule has 3 aromatic rings. The summed E-state index contributed by atoms with van der Waals surface area (Å²) in [5.41, 5.74) is 2.81. The summed E-state index contributed by atoms with van der Waals surface area (Å²) in [6.45, 7) is 6.72. The lowest BCUT2D eigenvalue weighted by Gasteiger charge is -2.31. The van der Waals surface area contributed by atoms with Gasteiger partial charge in [0.15, 0.2) is 0 Å². The van der Waals surface area contributed by atoms with Crippen LogP contribution in [0.4, 0.5) is 15.9 Å². The van der Waals surface area contributed by atoms with Gasteiger partial charge in [0, 0.05) is 49.7 Å². The minimum atomic E-state index is -0.186. The first-order valence-corrected chi connectivity index (χ1v) is 13.3. The lowest BCUT2D eigenvalue weighted by molar-refractivity contribution is 0.187. The second-order valence-electron chi connectivity index (χ2n) is 10.2. The van der Waals surface area contributed by atoms with Gasteiger partial charge in [0.2, 0.25) is 0 Å². The first-order chi connectivity index (χ1) is 17.7. The summed E-state index contributed by atoms with van der Waals surface area (Å²) in [4.78, 5) is 16.8. The predicted octanol–water partition coefficient (Wildman–Crippen LogP) is 3.60. The monoisotopic (exact) mass is 490 g/mol. The van der Waals surface area contributed by atoms with Crippen molar-refractivity contribution in [2.45, 2.75) is 38.3 Å². The Balaban J connectivity index is 1.36. The van der Waals surface area contributed by atoms with E-state index in [4.69, 9.17) is 14.7 Å². The third kappa shape index (κ3) is 4.60. The molecular formula is C28H35FN6O. The van der Waals surface area contributed by atoms with Gasteiger partial charge in [-0.3, -0.25) is 0 Å². The van der Waals surface area contributed by atoms with Crippen molar-refractivity contribution >= 4 is 22.3 Å². The maximum atomic E-state index is 15.3. The van der Waals surface area contributed by atoms with Crippen molar-refractivity contribution in [3.05, 3.63) is 53.5 Å². The molecular weight excluding hydrogens is 455 g/mol. The van der Waals surface area contributed by atoms with Crippen LogP contribution >= 0.6 is 0 Å². The van der Waals surface area contributed by atoms with E-state index < -0.39 is 0 Å². The Morgan fingerprint density at radius 3 is 2.69 bits per heavy atom. The van der Waals surface area contributed by atoms with Crippen LogP contribution in [-0.2, 0) is 13.0 Å². The van der Waals surface area contributed by atoms with Gasteiger partial charge in [-0.1, -0.05) is 30.3 Å². The highest BCUT2D eigenvalue weighted by molar-refractivity contribution is 5.94. The maximum absolute atomic E-state index is 15.3. The fourth-order valence-corrected chi connectivity index (χ4v) is 5.89. The summed E-state index contributed by atoms with van der Waals surface area (Å²) in [7, 11) is 2.15. The number of rotatable bonds is 5. The second kappa shape index (κ2) is 10.2. The van der Waals surface area contributed by atoms with Crippen molar-refractivity contribution in [3.63, 3.8) is 0 Å². The van der Waals surface area contributed by atoms with Crippen molar-refractivity contribution in [2.75, 3.05) is 62.7 Å². The number of anilines is 2. The van der Waals surface area contributed by atoms with Gasteiger partial charge in [0.25, 0.3) is 0 Å². The van der Waals surface area contributed by atoms with E-state index in [1.165, 1.54) is 12.0 Å². The minimum Gasteiger partial charge on any atom is -0.462 e. The van der Waals surface area contributed by atoms with Crippen LogP contribution in [0.2, 0.25) is 0 Å². The third-order valence-corrected chi connectivity index (χ3v) is 7.91. The van der Waals surface area contributed by atoms with Gasteiger partial charge < -0.3 is 24.8 Å². The van der Waals surface area contributed by atoms with Crippen LogP contribution in [0.1, 0.15) is 30.5 Å². The molecule has 3 aliphatic rings. The molecule has 8 heteroatoms. The Bertz CT molecular complexity index is 1230. The van der Waals surface area contributed by atoms with E-state index in [1.807, 2.05) is 30.3 Å². The summed E-state index contributed by atoms with van der Waals surface area (Å²) in [6.07, 6.45) is 4.14. The van der Waals surface area contributed by atoms with E-state index in [0.29, 0.717) is 30.9 Å². The van der Waals surface area contributed by atoms with Crippen LogP contribution in [0.3, 0.4) is 0 Å². The largest absolute Gasteiger partial charge is 0.462 e. The Morgan fingerprint density at radius 1 is 1.00 bits per heavy atom. The Labute approximate surface area is 212 Å². The number of likely N-dealkylation sites (tertiary alicyclic amines) is 1. The molecule has 1 aromatic heterocycles. The Hall–Kier alpha value is -2.97. The van der Waals surface area contributed by atoms with Crippen LogP contribution in [0.5, 0.6) is 6.01 Å². The molecule has 0 spiro atoms. The van der Waals surface area contributed by atoms with Crippen molar-refractivity contribution in [3.8, 4) is 6.01 Å². The molecule has 0 saturated carbocycles. The van der Waals surface area contributed by atoms with E-state index in [9.17, 15) is 0 Å². The van der Waals surface area contributed by atoms with Crippen LogP contribution < -0.4 is 19.9 Å². The zero-order valence-electron chi connectivity index (χ0n) is 21.0. The first kappa shape index (κ1) is 23.4. The molecule has 0 aliphatic carbocycles. The van der Waals surface area contributed by atoms with Gasteiger partial charge in [0.05, 0.1) is 17.9 Å². The highest BCUT2D eigenvalue weighted by Gasteiger charge is 2.28. The maximum Gasteiger partial charge on any atom is 0.318 e. The molecule has 1 N–H and O–H groups in total. The molecule has 0 amide bonds. The number of fused-ring (bicyclic) bond motifs is 2. The van der Waals surface area contributed by atoms with Crippen molar-refractivity contribution in [1.29, 1.82) is 0 Å². The molecule has 2 aromatic carbocycles. The molecule has 4 heterocycles. The summed E-state index contributed by atoms with van der Waals surface area (Å²) in [5, 5.41) is 5.43. The van der Waals surface area contributed by atoms with E-state index in [0.717, 1.165) is 80.8 Å². The van der Waals surface area contributed by atoms with Crippen molar-refractivity contribution in [1.82, 2.24) is 20.2 Å². The smallest absolute Gasteiger partial charge is 0.318 e. The normalized spacial score (nSPS) is 21.0. The highest BCUT2D eigenvalue weighted by atomic mass is 19.1. The molecule has 36 heavy (non-hydrogen) atoms. The van der Waals surface area contributed by atoms with Crippen LogP contribution in [0.15, 0.2) is 36.4 Å². The molecule has 6 rings (SSSR count). The standard InChI is InChI=1S/C28H35FN6O/c1-33-14-4-7-21(33)19-36-28-31-25-18-35(26-22-8-3-2-6-20(22)10-11-24(26)29)15-5-9-23(25)27(32-28)34-16-12-30-13-17-34/h2-3,6,8,10-11,21,30H,4-5,7,9,12-19H2,1H3/t21-/m0/s1. The molecule has 3 aliphatic heterocycles. The quantitative estimate of drug-likeness (QED) is 0.587. The summed E-state index contributed by atoms with van der Waals surface area (Å²) < 4.78 is 21.5. The second-order valence-corrected chi connectivity index (χ2v) is 10.2. The van der Waals surface area contributed by atoms with E-state index >= 15 is 4.39 Å². The van der Waals surface area contributed by atoms with Gasteiger partial charge in [-0.15, -0.1) is 0 Å². The zero-order valence-corrected chi connectivity index (χ0v) is 21.0. The number of benzene rings is 2. The SMILES string of the molecule is CN1CCC[C@H]1COc1nc2c(c(N3CCNCC3)n1)CCCN(c1c(F)ccc3ccccc13)C2. The number of halogens is 1. The number of ether oxygens (including phenoxy) is 1. The number of piperazine rings is 1. The van der Waals surface area contributed by atoms with E-state index in [-0.39, 0.29) is 5.82 Å². The predicted molar refractivity (Wildman–Crippen MR) is 142 cm³/mol. The average Bonchev–Trinajstić information content (AvgIpc) is 3.20. The number of nitrogens with zero attached hydrogens (tertiary/aromatic N) is 5. The van der Waals surface area contributed by atoms with Gasteiger partial charge in [-0.05, 0) is 50.7 Å². The number of aromatic nitrogens is 2. The van der Waals surface area contributed by atoms with Crippen molar-refractivity contribution < 1.29 is 9.13 Å². The lowest BCUT2D eigenvalue weighted by atomic mass is 10.1. The number of hydrogen-bond acceptors (Lipinski definition) is 7. The summed E-state index contributed by atoms with van der Waals surface area (Å²) >= 11 is 0. The number of nitrogens with one attached hydrogen (secondary N) is 1. The Morgan fingerprint density at radius 2 is 1.86 bits per heavy atom. The molecule has 2 fully saturated rings. The zero-order chi connectivity index (χ0) is 24.5. The lowest BCUT2D eigenvalue weighted by Crippen LogP contribution is -2.44. The highest BCUT2D eigenvalue weighted by Crippen LogP contribution is 2.35. The van der Waals surface area contributed by atoms with Crippen LogP contribution in [0, 0.1) is 5.82 Å². The fraction of sp³-hybridized carbons (Fsp3) is 0.500. The number of hydrogen-bond donors (Lipinski definition) is 1. The van der Waals surface area contributed by atoms with E-state index in [1.54, 1.807) is 6.07 Å². The number of likely N-dealkylation sites (N-methyl/N-ethyl adjacent to an activating group) is 1. The summed E-state index contributed by atoms with van der Waals surface area (Å²) in [6, 6.07) is 12.3. The van der Waals surface area contributed by atoms with Crippen LogP contribution in [0.25, 0.3) is 10.8 Å². The molecule has 0 radical (unpaired) electrons. The van der Waals surface area contributed by atoms with Gasteiger partial charge in [0.1, 0.15) is 18.2 Å². The van der Waals surface area contributed by atoms with Gasteiger partial charge >= 0.3 is 6.01 Å². The van der Waals surface area contributed by atoms with Crippen LogP contribution in [-0.4, -0.2) is 73.8 Å².